The number of carbonyl (C=O) groups excluding carboxylic acids is 2. The fourth-order valence-corrected chi connectivity index (χ4v) is 5.35. The number of nitrogens with zero attached hydrogens (tertiary/aromatic N) is 1. The van der Waals surface area contributed by atoms with Gasteiger partial charge in [0.2, 0.25) is 10.0 Å². The van der Waals surface area contributed by atoms with E-state index in [4.69, 9.17) is 4.74 Å². The van der Waals surface area contributed by atoms with Gasteiger partial charge in [0, 0.05) is 19.6 Å². The second kappa shape index (κ2) is 10.9. The predicted octanol–water partition coefficient (Wildman–Crippen LogP) is 2.99. The Balaban J connectivity index is 1.46. The molecule has 0 aliphatic carbocycles. The summed E-state index contributed by atoms with van der Waals surface area (Å²) < 4.78 is 32.7. The number of rotatable bonds is 8. The van der Waals surface area contributed by atoms with E-state index in [0.29, 0.717) is 25.8 Å². The average Bonchev–Trinajstić information content (AvgIpc) is 2.81. The van der Waals surface area contributed by atoms with Crippen molar-refractivity contribution in [3.8, 4) is 0 Å². The van der Waals surface area contributed by atoms with Gasteiger partial charge < -0.3 is 10.1 Å². The van der Waals surface area contributed by atoms with Gasteiger partial charge in [-0.1, -0.05) is 36.4 Å². The molecule has 7 nitrogen and oxygen atoms in total. The normalized spacial score (nSPS) is 16.2. The zero-order valence-corrected chi connectivity index (χ0v) is 20.2. The van der Waals surface area contributed by atoms with Crippen molar-refractivity contribution in [2.24, 2.45) is 5.92 Å². The molecule has 1 aliphatic heterocycles. The molecule has 0 aromatic heterocycles. The van der Waals surface area contributed by atoms with Gasteiger partial charge in [0.05, 0.1) is 10.8 Å². The maximum atomic E-state index is 13.0. The molecule has 1 aliphatic rings. The standard InChI is InChI=1S/C25H32N2O5S/c1-18-9-10-23(17-19(18)2)33(30,31)27-15-12-22(13-16-27)25(29)32-20(3)24(28)26-14-11-21-7-5-4-6-8-21/h4-10,17,20,22H,11-16H2,1-3H3,(H,26,28). The third-order valence-corrected chi connectivity index (χ3v) is 8.02. The van der Waals surface area contributed by atoms with Crippen molar-refractivity contribution >= 4 is 21.9 Å². The van der Waals surface area contributed by atoms with Gasteiger partial charge >= 0.3 is 5.97 Å². The molecule has 3 rings (SSSR count). The van der Waals surface area contributed by atoms with Crippen molar-refractivity contribution in [3.05, 3.63) is 65.2 Å². The number of aryl methyl sites for hydroxylation is 2. The van der Waals surface area contributed by atoms with Gasteiger partial charge in [-0.25, -0.2) is 8.42 Å². The van der Waals surface area contributed by atoms with Gasteiger partial charge in [-0.3, -0.25) is 9.59 Å². The number of hydrogen-bond donors (Lipinski definition) is 1. The average molecular weight is 473 g/mol. The minimum atomic E-state index is -3.60. The van der Waals surface area contributed by atoms with Crippen LogP contribution in [-0.4, -0.2) is 50.3 Å². The lowest BCUT2D eigenvalue weighted by Gasteiger charge is -2.30. The first-order valence-corrected chi connectivity index (χ1v) is 12.7. The van der Waals surface area contributed by atoms with Crippen LogP contribution in [-0.2, 0) is 30.8 Å². The first-order valence-electron chi connectivity index (χ1n) is 11.3. The largest absolute Gasteiger partial charge is 0.452 e. The van der Waals surface area contributed by atoms with Crippen molar-refractivity contribution in [3.63, 3.8) is 0 Å². The first-order chi connectivity index (χ1) is 15.7. The summed E-state index contributed by atoms with van der Waals surface area (Å²) in [6, 6.07) is 14.9. The second-order valence-electron chi connectivity index (χ2n) is 8.53. The molecule has 1 heterocycles. The van der Waals surface area contributed by atoms with E-state index in [1.807, 2.05) is 44.2 Å². The van der Waals surface area contributed by atoms with Gasteiger partial charge in [-0.15, -0.1) is 0 Å². The van der Waals surface area contributed by atoms with Crippen molar-refractivity contribution in [2.75, 3.05) is 19.6 Å². The molecule has 0 spiro atoms. The van der Waals surface area contributed by atoms with Crippen molar-refractivity contribution in [1.82, 2.24) is 9.62 Å². The molecule has 1 saturated heterocycles. The monoisotopic (exact) mass is 472 g/mol. The highest BCUT2D eigenvalue weighted by Crippen LogP contribution is 2.26. The Morgan fingerprint density at radius 1 is 1.06 bits per heavy atom. The van der Waals surface area contributed by atoms with E-state index in [-0.39, 0.29) is 23.9 Å². The third-order valence-electron chi connectivity index (χ3n) is 6.12. The van der Waals surface area contributed by atoms with Crippen LogP contribution < -0.4 is 5.32 Å². The maximum absolute atomic E-state index is 13.0. The summed E-state index contributed by atoms with van der Waals surface area (Å²) in [6.45, 7) is 6.32. The van der Waals surface area contributed by atoms with Gasteiger partial charge in [-0.2, -0.15) is 4.31 Å². The highest BCUT2D eigenvalue weighted by molar-refractivity contribution is 7.89. The number of ether oxygens (including phenoxy) is 1. The van der Waals surface area contributed by atoms with Crippen LogP contribution in [0.5, 0.6) is 0 Å². The molecule has 0 radical (unpaired) electrons. The summed E-state index contributed by atoms with van der Waals surface area (Å²) in [5.41, 5.74) is 3.07. The molecule has 1 unspecified atom stereocenters. The number of piperidine rings is 1. The van der Waals surface area contributed by atoms with Crippen LogP contribution in [0.4, 0.5) is 0 Å². The number of benzene rings is 2. The van der Waals surface area contributed by atoms with E-state index in [1.54, 1.807) is 25.1 Å². The Labute approximate surface area is 196 Å². The molecule has 2 aromatic rings. The highest BCUT2D eigenvalue weighted by atomic mass is 32.2. The molecular formula is C25H32N2O5S. The number of amides is 1. The molecule has 33 heavy (non-hydrogen) atoms. The molecular weight excluding hydrogens is 440 g/mol. The summed E-state index contributed by atoms with van der Waals surface area (Å²) in [4.78, 5) is 25.1. The van der Waals surface area contributed by atoms with Gasteiger partial charge in [-0.05, 0) is 68.9 Å². The van der Waals surface area contributed by atoms with Crippen LogP contribution in [0.2, 0.25) is 0 Å². The minimum Gasteiger partial charge on any atom is -0.452 e. The predicted molar refractivity (Wildman–Crippen MR) is 126 cm³/mol. The summed E-state index contributed by atoms with van der Waals surface area (Å²) in [7, 11) is -3.60. The number of nitrogens with one attached hydrogen (secondary N) is 1. The van der Waals surface area contributed by atoms with Gasteiger partial charge in [0.15, 0.2) is 6.10 Å². The van der Waals surface area contributed by atoms with E-state index in [2.05, 4.69) is 5.32 Å². The van der Waals surface area contributed by atoms with E-state index in [1.165, 1.54) is 4.31 Å². The molecule has 1 fully saturated rings. The van der Waals surface area contributed by atoms with Gasteiger partial charge in [0.1, 0.15) is 0 Å². The molecule has 1 atom stereocenters. The SMILES string of the molecule is Cc1ccc(S(=O)(=O)N2CCC(C(=O)OC(C)C(=O)NCCc3ccccc3)CC2)cc1C. The molecule has 8 heteroatoms. The van der Waals surface area contributed by atoms with E-state index in [0.717, 1.165) is 16.7 Å². The summed E-state index contributed by atoms with van der Waals surface area (Å²) in [5.74, 6) is -1.21. The summed E-state index contributed by atoms with van der Waals surface area (Å²) in [5, 5.41) is 2.79. The number of sulfonamides is 1. The Hall–Kier alpha value is -2.71. The number of esters is 1. The summed E-state index contributed by atoms with van der Waals surface area (Å²) >= 11 is 0. The van der Waals surface area contributed by atoms with E-state index >= 15 is 0 Å². The molecule has 0 saturated carbocycles. The Morgan fingerprint density at radius 3 is 2.36 bits per heavy atom. The topological polar surface area (TPSA) is 92.8 Å². The molecule has 0 bridgehead atoms. The lowest BCUT2D eigenvalue weighted by atomic mass is 9.98. The van der Waals surface area contributed by atoms with Crippen molar-refractivity contribution in [1.29, 1.82) is 0 Å². The Bertz CT molecular complexity index is 1080. The first kappa shape index (κ1) is 24.9. The minimum absolute atomic E-state index is 0.243. The van der Waals surface area contributed by atoms with Crippen molar-refractivity contribution < 1.29 is 22.7 Å². The molecule has 1 N–H and O–H groups in total. The lowest BCUT2D eigenvalue weighted by molar-refractivity contribution is -0.159. The third kappa shape index (κ3) is 6.42. The highest BCUT2D eigenvalue weighted by Gasteiger charge is 2.34. The molecule has 1 amide bonds. The zero-order chi connectivity index (χ0) is 24.0. The van der Waals surface area contributed by atoms with Gasteiger partial charge in [0.25, 0.3) is 5.91 Å². The van der Waals surface area contributed by atoms with E-state index in [9.17, 15) is 18.0 Å². The maximum Gasteiger partial charge on any atom is 0.309 e. The lowest BCUT2D eigenvalue weighted by Crippen LogP contribution is -2.42. The number of hydrogen-bond acceptors (Lipinski definition) is 5. The Morgan fingerprint density at radius 2 is 1.73 bits per heavy atom. The van der Waals surface area contributed by atoms with Crippen LogP contribution in [0.15, 0.2) is 53.4 Å². The van der Waals surface area contributed by atoms with E-state index < -0.39 is 28.0 Å². The Kier molecular flexibility index (Phi) is 8.26. The second-order valence-corrected chi connectivity index (χ2v) is 10.5. The fraction of sp³-hybridized carbons (Fsp3) is 0.440. The quantitative estimate of drug-likeness (QED) is 0.596. The summed E-state index contributed by atoms with van der Waals surface area (Å²) in [6.07, 6.45) is 0.530. The fourth-order valence-electron chi connectivity index (χ4n) is 3.80. The van der Waals surface area contributed by atoms with Crippen LogP contribution >= 0.6 is 0 Å². The molecule has 2 aromatic carbocycles. The number of carbonyl (C=O) groups is 2. The zero-order valence-electron chi connectivity index (χ0n) is 19.4. The van der Waals surface area contributed by atoms with Crippen molar-refractivity contribution in [2.45, 2.75) is 51.0 Å². The van der Waals surface area contributed by atoms with Crippen LogP contribution in [0.1, 0.15) is 36.5 Å². The molecule has 178 valence electrons. The van der Waals surface area contributed by atoms with Crippen LogP contribution in [0.25, 0.3) is 0 Å². The van der Waals surface area contributed by atoms with Crippen LogP contribution in [0, 0.1) is 19.8 Å². The smallest absolute Gasteiger partial charge is 0.309 e. The van der Waals surface area contributed by atoms with Crippen LogP contribution in [0.3, 0.4) is 0 Å².